The predicted molar refractivity (Wildman–Crippen MR) is 122 cm³/mol. The van der Waals surface area contributed by atoms with Crippen LogP contribution >= 0.6 is 0 Å². The summed E-state index contributed by atoms with van der Waals surface area (Å²) in [6.07, 6.45) is 1.03. The summed E-state index contributed by atoms with van der Waals surface area (Å²) < 4.78 is 11.3. The van der Waals surface area contributed by atoms with Crippen molar-refractivity contribution >= 4 is 21.7 Å². The molecule has 4 nitrogen and oxygen atoms in total. The average Bonchev–Trinajstić information content (AvgIpc) is 2.78. The molecule has 0 fully saturated rings. The Kier molecular flexibility index (Phi) is 4.80. The first-order valence-corrected chi connectivity index (χ1v) is 10.5. The lowest BCUT2D eigenvalue weighted by Gasteiger charge is -2.28. The second-order valence-electron chi connectivity index (χ2n) is 7.88. The molecule has 30 heavy (non-hydrogen) atoms. The number of hydrogen-bond acceptors (Lipinski definition) is 4. The maximum Gasteiger partial charge on any atom is 0.161 e. The second kappa shape index (κ2) is 7.62. The fraction of sp³-hybridized carbons (Fsp3) is 0.269. The molecule has 0 N–H and O–H groups in total. The van der Waals surface area contributed by atoms with Crippen LogP contribution in [-0.2, 0) is 13.0 Å². The van der Waals surface area contributed by atoms with Crippen LogP contribution in [0.15, 0.2) is 54.6 Å². The number of methoxy groups -OCH3 is 1. The van der Waals surface area contributed by atoms with Gasteiger partial charge in [0.2, 0.25) is 0 Å². The molecule has 5 rings (SSSR count). The molecule has 4 aromatic rings. The van der Waals surface area contributed by atoms with Gasteiger partial charge in [-0.3, -0.25) is 0 Å². The summed E-state index contributed by atoms with van der Waals surface area (Å²) in [6.45, 7) is 4.54. The van der Waals surface area contributed by atoms with Crippen molar-refractivity contribution in [3.63, 3.8) is 0 Å². The first-order valence-electron chi connectivity index (χ1n) is 10.5. The Hall–Kier alpha value is -3.11. The normalized spacial score (nSPS) is 14.1. The summed E-state index contributed by atoms with van der Waals surface area (Å²) in [4.78, 5) is 7.54. The standard InChI is InChI=1S/C26H26N2O2/c1-4-30-23-12-10-18(15-24(23)29-3)26-21-16-28(2)14-13-20(21)25-19-8-6-5-7-17(19)9-11-22(25)27-26/h5-12,15H,4,13-14,16H2,1-3H3. The van der Waals surface area contributed by atoms with Gasteiger partial charge in [-0.2, -0.15) is 0 Å². The van der Waals surface area contributed by atoms with Crippen LogP contribution in [0.4, 0.5) is 0 Å². The number of likely N-dealkylation sites (N-methyl/N-ethyl adjacent to an activating group) is 1. The van der Waals surface area contributed by atoms with Crippen molar-refractivity contribution in [3.8, 4) is 22.8 Å². The minimum Gasteiger partial charge on any atom is -0.493 e. The average molecular weight is 399 g/mol. The molecule has 4 heteroatoms. The van der Waals surface area contributed by atoms with Gasteiger partial charge >= 0.3 is 0 Å². The number of pyridine rings is 1. The molecule has 2 heterocycles. The van der Waals surface area contributed by atoms with Crippen molar-refractivity contribution in [2.75, 3.05) is 27.3 Å². The Morgan fingerprint density at radius 1 is 1.00 bits per heavy atom. The highest BCUT2D eigenvalue weighted by molar-refractivity contribution is 6.09. The summed E-state index contributed by atoms with van der Waals surface area (Å²) in [6, 6.07) is 19.1. The summed E-state index contributed by atoms with van der Waals surface area (Å²) in [5.41, 5.74) is 5.91. The first-order chi connectivity index (χ1) is 14.7. The molecule has 3 aromatic carbocycles. The molecule has 0 saturated carbocycles. The van der Waals surface area contributed by atoms with E-state index in [9.17, 15) is 0 Å². The number of ether oxygens (including phenoxy) is 2. The Bertz CT molecular complexity index is 1250. The van der Waals surface area contributed by atoms with Crippen LogP contribution in [0.5, 0.6) is 11.5 Å². The third-order valence-electron chi connectivity index (χ3n) is 6.00. The van der Waals surface area contributed by atoms with E-state index in [0.717, 1.165) is 47.8 Å². The highest BCUT2D eigenvalue weighted by Gasteiger charge is 2.23. The lowest BCUT2D eigenvalue weighted by atomic mass is 9.89. The van der Waals surface area contributed by atoms with E-state index in [4.69, 9.17) is 14.5 Å². The maximum atomic E-state index is 5.71. The van der Waals surface area contributed by atoms with Crippen LogP contribution in [0.2, 0.25) is 0 Å². The Balaban J connectivity index is 1.79. The quantitative estimate of drug-likeness (QED) is 0.428. The zero-order valence-corrected chi connectivity index (χ0v) is 17.7. The van der Waals surface area contributed by atoms with E-state index < -0.39 is 0 Å². The molecular weight excluding hydrogens is 372 g/mol. The van der Waals surface area contributed by atoms with Gasteiger partial charge in [0.15, 0.2) is 11.5 Å². The Labute approximate surface area is 177 Å². The molecule has 0 aliphatic carbocycles. The van der Waals surface area contributed by atoms with E-state index in [2.05, 4.69) is 60.5 Å². The zero-order valence-electron chi connectivity index (χ0n) is 17.7. The second-order valence-corrected chi connectivity index (χ2v) is 7.88. The molecule has 0 bridgehead atoms. The Morgan fingerprint density at radius 3 is 2.70 bits per heavy atom. The SMILES string of the molecule is CCOc1ccc(-c2nc3ccc4ccccc4c3c3c2CN(C)CC3)cc1OC. The molecule has 1 aliphatic rings. The molecular formula is C26H26N2O2. The molecule has 0 unspecified atom stereocenters. The Morgan fingerprint density at radius 2 is 1.87 bits per heavy atom. The largest absolute Gasteiger partial charge is 0.493 e. The van der Waals surface area contributed by atoms with Crippen LogP contribution in [0, 0.1) is 0 Å². The van der Waals surface area contributed by atoms with Crippen LogP contribution in [0.25, 0.3) is 32.9 Å². The van der Waals surface area contributed by atoms with Gasteiger partial charge in [-0.05, 0) is 66.6 Å². The predicted octanol–water partition coefficient (Wildman–Crippen LogP) is 5.45. The van der Waals surface area contributed by atoms with Crippen LogP contribution < -0.4 is 9.47 Å². The summed E-state index contributed by atoms with van der Waals surface area (Å²) in [5, 5.41) is 3.86. The van der Waals surface area contributed by atoms with Gasteiger partial charge in [-0.25, -0.2) is 4.98 Å². The van der Waals surface area contributed by atoms with E-state index in [1.807, 2.05) is 13.0 Å². The van der Waals surface area contributed by atoms with Gasteiger partial charge in [0.05, 0.1) is 24.9 Å². The molecule has 1 aliphatic heterocycles. The summed E-state index contributed by atoms with van der Waals surface area (Å²) >= 11 is 0. The van der Waals surface area contributed by atoms with Gasteiger partial charge in [0.1, 0.15) is 0 Å². The van der Waals surface area contributed by atoms with Gasteiger partial charge in [0.25, 0.3) is 0 Å². The maximum absolute atomic E-state index is 5.71. The minimum atomic E-state index is 0.608. The van der Waals surface area contributed by atoms with Crippen molar-refractivity contribution in [1.82, 2.24) is 9.88 Å². The lowest BCUT2D eigenvalue weighted by molar-refractivity contribution is 0.311. The van der Waals surface area contributed by atoms with Gasteiger partial charge in [-0.1, -0.05) is 30.3 Å². The van der Waals surface area contributed by atoms with E-state index in [-0.39, 0.29) is 0 Å². The number of rotatable bonds is 4. The fourth-order valence-electron chi connectivity index (χ4n) is 4.58. The van der Waals surface area contributed by atoms with Crippen molar-refractivity contribution in [1.29, 1.82) is 0 Å². The van der Waals surface area contributed by atoms with E-state index in [1.54, 1.807) is 7.11 Å². The first kappa shape index (κ1) is 18.9. The molecule has 0 radical (unpaired) electrons. The third-order valence-corrected chi connectivity index (χ3v) is 6.00. The molecule has 0 amide bonds. The lowest BCUT2D eigenvalue weighted by Crippen LogP contribution is -2.27. The molecule has 0 spiro atoms. The van der Waals surface area contributed by atoms with Crippen LogP contribution in [0.3, 0.4) is 0 Å². The van der Waals surface area contributed by atoms with E-state index in [0.29, 0.717) is 6.61 Å². The topological polar surface area (TPSA) is 34.6 Å². The van der Waals surface area contributed by atoms with Crippen LogP contribution in [0.1, 0.15) is 18.1 Å². The minimum absolute atomic E-state index is 0.608. The third kappa shape index (κ3) is 3.08. The summed E-state index contributed by atoms with van der Waals surface area (Å²) in [7, 11) is 3.86. The van der Waals surface area contributed by atoms with E-state index >= 15 is 0 Å². The highest BCUT2D eigenvalue weighted by Crippen LogP contribution is 2.39. The van der Waals surface area contributed by atoms with Gasteiger partial charge < -0.3 is 14.4 Å². The van der Waals surface area contributed by atoms with Crippen LogP contribution in [-0.4, -0.2) is 37.2 Å². The zero-order chi connectivity index (χ0) is 20.7. The smallest absolute Gasteiger partial charge is 0.161 e. The summed E-state index contributed by atoms with van der Waals surface area (Å²) in [5.74, 6) is 1.51. The highest BCUT2D eigenvalue weighted by atomic mass is 16.5. The number of benzene rings is 3. The fourth-order valence-corrected chi connectivity index (χ4v) is 4.58. The van der Waals surface area contributed by atoms with Crippen molar-refractivity contribution in [3.05, 3.63) is 65.7 Å². The molecule has 152 valence electrons. The van der Waals surface area contributed by atoms with E-state index in [1.165, 1.54) is 27.3 Å². The monoisotopic (exact) mass is 398 g/mol. The molecule has 0 atom stereocenters. The number of hydrogen-bond donors (Lipinski definition) is 0. The van der Waals surface area contributed by atoms with Gasteiger partial charge in [0, 0.05) is 24.0 Å². The number of aromatic nitrogens is 1. The van der Waals surface area contributed by atoms with Crippen molar-refractivity contribution in [2.24, 2.45) is 0 Å². The van der Waals surface area contributed by atoms with Crippen molar-refractivity contribution < 1.29 is 9.47 Å². The van der Waals surface area contributed by atoms with Crippen molar-refractivity contribution in [2.45, 2.75) is 19.9 Å². The molecule has 0 saturated heterocycles. The molecule has 1 aromatic heterocycles. The van der Waals surface area contributed by atoms with Gasteiger partial charge in [-0.15, -0.1) is 0 Å². The number of fused-ring (bicyclic) bond motifs is 5. The number of nitrogens with zero attached hydrogens (tertiary/aromatic N) is 2.